The molecule has 0 saturated heterocycles. The number of nitrogens with one attached hydrogen (secondary N) is 1. The van der Waals surface area contributed by atoms with Crippen molar-refractivity contribution in [2.75, 3.05) is 0 Å². The molecule has 0 heterocycles. The van der Waals surface area contributed by atoms with Gasteiger partial charge in [0, 0.05) is 23.9 Å². The first-order valence-corrected chi connectivity index (χ1v) is 11.0. The molecular weight excluding hydrogens is 318 g/mol. The Labute approximate surface area is 157 Å². The highest BCUT2D eigenvalue weighted by Crippen LogP contribution is 2.61. The highest BCUT2D eigenvalue weighted by Gasteiger charge is 2.58. The van der Waals surface area contributed by atoms with Gasteiger partial charge in [0.1, 0.15) is 0 Å². The van der Waals surface area contributed by atoms with Crippen LogP contribution < -0.4 is 5.73 Å². The van der Waals surface area contributed by atoms with Crippen molar-refractivity contribution in [3.8, 4) is 0 Å². The quantitative estimate of drug-likeness (QED) is 0.446. The van der Waals surface area contributed by atoms with E-state index in [0.29, 0.717) is 29.9 Å². The van der Waals surface area contributed by atoms with Crippen LogP contribution in [-0.2, 0) is 0 Å². The van der Waals surface area contributed by atoms with Gasteiger partial charge < -0.3 is 10.6 Å². The number of guanidine groups is 1. The van der Waals surface area contributed by atoms with Crippen molar-refractivity contribution in [1.29, 1.82) is 5.41 Å². The van der Waals surface area contributed by atoms with E-state index in [0.717, 1.165) is 35.5 Å². The summed E-state index contributed by atoms with van der Waals surface area (Å²) < 4.78 is 0. The largest absolute Gasteiger partial charge is 0.370 e. The van der Waals surface area contributed by atoms with Crippen LogP contribution in [0.4, 0.5) is 0 Å². The van der Waals surface area contributed by atoms with Gasteiger partial charge in [-0.25, -0.2) is 0 Å². The first-order chi connectivity index (χ1) is 12.5. The molecule has 3 heteroatoms. The zero-order chi connectivity index (χ0) is 17.7. The van der Waals surface area contributed by atoms with E-state index >= 15 is 0 Å². The van der Waals surface area contributed by atoms with Gasteiger partial charge >= 0.3 is 0 Å². The molecule has 0 aromatic rings. The average Bonchev–Trinajstić information content (AvgIpc) is 2.60. The predicted molar refractivity (Wildman–Crippen MR) is 104 cm³/mol. The Morgan fingerprint density at radius 3 is 1.65 bits per heavy atom. The summed E-state index contributed by atoms with van der Waals surface area (Å²) in [5.41, 5.74) is 9.33. The van der Waals surface area contributed by atoms with E-state index < -0.39 is 0 Å². The van der Waals surface area contributed by atoms with Gasteiger partial charge in [-0.2, -0.15) is 0 Å². The molecule has 26 heavy (non-hydrogen) atoms. The molecule has 0 amide bonds. The van der Waals surface area contributed by atoms with E-state index in [1.54, 1.807) is 0 Å². The fourth-order valence-corrected chi connectivity index (χ4v) is 8.88. The van der Waals surface area contributed by atoms with Gasteiger partial charge in [0.05, 0.1) is 0 Å². The van der Waals surface area contributed by atoms with Crippen LogP contribution in [0.5, 0.6) is 0 Å². The third-order valence-corrected chi connectivity index (χ3v) is 9.57. The van der Waals surface area contributed by atoms with Crippen molar-refractivity contribution in [3.05, 3.63) is 24.3 Å². The van der Waals surface area contributed by atoms with E-state index in [-0.39, 0.29) is 0 Å². The lowest BCUT2D eigenvalue weighted by atomic mass is 9.49. The number of hydrogen-bond donors (Lipinski definition) is 2. The third kappa shape index (κ3) is 1.93. The van der Waals surface area contributed by atoms with E-state index in [4.69, 9.17) is 11.1 Å². The molecule has 140 valence electrons. The molecule has 0 spiro atoms. The average molecular weight is 352 g/mol. The highest BCUT2D eigenvalue weighted by molar-refractivity contribution is 5.76. The normalized spacial score (nSPS) is 53.4. The first kappa shape index (κ1) is 15.8. The Morgan fingerprint density at radius 1 is 0.769 bits per heavy atom. The Balaban J connectivity index is 1.39. The third-order valence-electron chi connectivity index (χ3n) is 9.57. The second-order valence-corrected chi connectivity index (χ2v) is 10.7. The molecule has 8 saturated carbocycles. The van der Waals surface area contributed by atoms with Crippen molar-refractivity contribution in [1.82, 2.24) is 4.90 Å². The Bertz CT molecular complexity index is 644. The number of rotatable bonds is 2. The zero-order valence-corrected chi connectivity index (χ0v) is 15.9. The van der Waals surface area contributed by atoms with Crippen LogP contribution in [0.1, 0.15) is 51.4 Å². The van der Waals surface area contributed by atoms with Crippen LogP contribution in [0.15, 0.2) is 24.3 Å². The zero-order valence-electron chi connectivity index (χ0n) is 15.9. The molecule has 8 fully saturated rings. The maximum Gasteiger partial charge on any atom is 0.188 e. The van der Waals surface area contributed by atoms with Crippen molar-refractivity contribution < 1.29 is 0 Å². The Kier molecular flexibility index (Phi) is 3.14. The molecule has 10 unspecified atom stereocenters. The van der Waals surface area contributed by atoms with Crippen molar-refractivity contribution in [2.24, 2.45) is 53.1 Å². The fraction of sp³-hybridized carbons (Fsp3) is 0.783. The summed E-state index contributed by atoms with van der Waals surface area (Å²) in [6.45, 7) is 9.08. The molecule has 0 aromatic carbocycles. The molecule has 0 aromatic heterocycles. The molecule has 3 nitrogen and oxygen atoms in total. The van der Waals surface area contributed by atoms with E-state index in [1.807, 2.05) is 0 Å². The Morgan fingerprint density at radius 2 is 1.23 bits per heavy atom. The summed E-state index contributed by atoms with van der Waals surface area (Å²) in [7, 11) is 0. The standard InChI is InChI=1S/C23H33N3/c1-11-15-3-13-5-17(9-15)21(19(11)7-13)26(23(24)25)22-18-6-14-4-16(10-18)12(2)20(22)8-14/h13-22H,1-10H2,(H3,24,25). The maximum atomic E-state index is 8.58. The van der Waals surface area contributed by atoms with Crippen LogP contribution in [0.25, 0.3) is 0 Å². The van der Waals surface area contributed by atoms with Gasteiger partial charge in [0.25, 0.3) is 0 Å². The van der Waals surface area contributed by atoms with Gasteiger partial charge in [0.15, 0.2) is 5.96 Å². The molecule has 8 aliphatic rings. The van der Waals surface area contributed by atoms with Crippen LogP contribution in [0.2, 0.25) is 0 Å². The van der Waals surface area contributed by atoms with E-state index in [2.05, 4.69) is 18.1 Å². The van der Waals surface area contributed by atoms with Gasteiger partial charge in [0.2, 0.25) is 0 Å². The van der Waals surface area contributed by atoms with Gasteiger partial charge in [-0.15, -0.1) is 0 Å². The summed E-state index contributed by atoms with van der Waals surface area (Å²) in [5.74, 6) is 6.31. The SMILES string of the molecule is C=C1C2CC3CC(C2)C(N(C(=N)N)C2C4CC5CC(C4)C(=C)C2C5)C1C3. The van der Waals surface area contributed by atoms with Crippen molar-refractivity contribution in [3.63, 3.8) is 0 Å². The minimum atomic E-state index is 0.334. The molecule has 0 aliphatic heterocycles. The fourth-order valence-electron chi connectivity index (χ4n) is 8.88. The molecule has 8 rings (SSSR count). The van der Waals surface area contributed by atoms with Crippen LogP contribution in [-0.4, -0.2) is 22.9 Å². The summed E-state index contributed by atoms with van der Waals surface area (Å²) in [6.07, 6.45) is 10.7. The number of nitrogens with zero attached hydrogens (tertiary/aromatic N) is 1. The number of nitrogens with two attached hydrogens (primary N) is 1. The topological polar surface area (TPSA) is 53.1 Å². The van der Waals surface area contributed by atoms with E-state index in [9.17, 15) is 0 Å². The van der Waals surface area contributed by atoms with Gasteiger partial charge in [-0.05, 0) is 86.9 Å². The lowest BCUT2D eigenvalue weighted by Gasteiger charge is -2.64. The second-order valence-electron chi connectivity index (χ2n) is 10.7. The summed E-state index contributed by atoms with van der Waals surface area (Å²) >= 11 is 0. The second kappa shape index (κ2) is 5.17. The summed E-state index contributed by atoms with van der Waals surface area (Å²) in [5, 5.41) is 8.58. The van der Waals surface area contributed by atoms with Crippen molar-refractivity contribution >= 4 is 5.96 Å². The van der Waals surface area contributed by atoms with E-state index in [1.165, 1.54) is 62.5 Å². The lowest BCUT2D eigenvalue weighted by molar-refractivity contribution is -0.0701. The summed E-state index contributed by atoms with van der Waals surface area (Å²) in [6, 6.07) is 0.895. The van der Waals surface area contributed by atoms with Gasteiger partial charge in [-0.1, -0.05) is 24.3 Å². The summed E-state index contributed by atoms with van der Waals surface area (Å²) in [4.78, 5) is 2.44. The molecule has 3 N–H and O–H groups in total. The van der Waals surface area contributed by atoms with Crippen LogP contribution in [0.3, 0.4) is 0 Å². The smallest absolute Gasteiger partial charge is 0.188 e. The monoisotopic (exact) mass is 351 g/mol. The van der Waals surface area contributed by atoms with Crippen LogP contribution >= 0.6 is 0 Å². The predicted octanol–water partition coefficient (Wildman–Crippen LogP) is 4.16. The lowest BCUT2D eigenvalue weighted by Crippen LogP contribution is -2.67. The molecule has 8 bridgehead atoms. The molecule has 10 atom stereocenters. The highest BCUT2D eigenvalue weighted by atomic mass is 15.3. The van der Waals surface area contributed by atoms with Gasteiger partial charge in [-0.3, -0.25) is 5.41 Å². The molecule has 0 radical (unpaired) electrons. The molecular formula is C23H33N3. The maximum absolute atomic E-state index is 8.58. The minimum absolute atomic E-state index is 0.334. The minimum Gasteiger partial charge on any atom is -0.370 e. The first-order valence-electron chi connectivity index (χ1n) is 11.0. The molecule has 8 aliphatic carbocycles. The van der Waals surface area contributed by atoms with Crippen LogP contribution in [0, 0.1) is 52.8 Å². The van der Waals surface area contributed by atoms with Crippen molar-refractivity contribution in [2.45, 2.75) is 63.5 Å². The Hall–Kier alpha value is -1.25. The number of hydrogen-bond acceptors (Lipinski definition) is 1.